The number of hydrogen-bond acceptors (Lipinski definition) is 9. The van der Waals surface area contributed by atoms with Crippen LogP contribution in [0.4, 0.5) is 9.59 Å². The zero-order valence-corrected chi connectivity index (χ0v) is 24.1. The van der Waals surface area contributed by atoms with E-state index in [1.54, 1.807) is 53.4 Å². The molecule has 4 N–H and O–H groups in total. The lowest BCUT2D eigenvalue weighted by atomic mass is 10.0. The van der Waals surface area contributed by atoms with E-state index in [2.05, 4.69) is 28.1 Å². The quantitative estimate of drug-likeness (QED) is 0.395. The van der Waals surface area contributed by atoms with Gasteiger partial charge in [0.25, 0.3) is 0 Å². The van der Waals surface area contributed by atoms with Gasteiger partial charge in [0, 0.05) is 26.2 Å². The lowest BCUT2D eigenvalue weighted by Gasteiger charge is -2.37. The van der Waals surface area contributed by atoms with E-state index in [0.29, 0.717) is 19.0 Å². The van der Waals surface area contributed by atoms with Crippen LogP contribution in [-0.2, 0) is 19.1 Å². The van der Waals surface area contributed by atoms with Gasteiger partial charge in [-0.25, -0.2) is 9.59 Å². The average Bonchev–Trinajstić information content (AvgIpc) is 2.63. The van der Waals surface area contributed by atoms with E-state index in [-0.39, 0.29) is 24.2 Å². The number of aliphatic carboxylic acids is 1. The molecule has 216 valence electrons. The lowest BCUT2D eigenvalue weighted by molar-refractivity contribution is -0.139. The molecule has 2 atom stereocenters. The van der Waals surface area contributed by atoms with E-state index in [0.717, 1.165) is 13.1 Å². The Hall–Kier alpha value is -3.29. The van der Waals surface area contributed by atoms with Gasteiger partial charge in [-0.3, -0.25) is 9.59 Å². The summed E-state index contributed by atoms with van der Waals surface area (Å²) in [5.41, 5.74) is -1.20. The van der Waals surface area contributed by atoms with Gasteiger partial charge in [-0.2, -0.15) is 10.5 Å². The Bertz CT molecular complexity index is 879. The molecule has 0 aromatic carbocycles. The van der Waals surface area contributed by atoms with E-state index >= 15 is 0 Å². The monoisotopic (exact) mass is 560 g/mol. The van der Waals surface area contributed by atoms with Crippen LogP contribution in [-0.4, -0.2) is 83.5 Å². The number of nitrogens with one attached hydrogen (secondary N) is 3. The van der Waals surface area contributed by atoms with Crippen LogP contribution in [0.25, 0.3) is 0 Å². The number of rotatable bonds is 4. The number of carboxylic acids is 1. The summed E-state index contributed by atoms with van der Waals surface area (Å²) >= 11 is 0. The van der Waals surface area contributed by atoms with Crippen molar-refractivity contribution in [2.75, 3.05) is 26.2 Å². The van der Waals surface area contributed by atoms with Gasteiger partial charge < -0.3 is 35.4 Å². The van der Waals surface area contributed by atoms with Crippen LogP contribution >= 0.6 is 12.4 Å². The normalized spacial score (nSPS) is 16.2. The molecule has 3 amide bonds. The number of carbonyl (C=O) groups is 4. The molecule has 0 aromatic heterocycles. The summed E-state index contributed by atoms with van der Waals surface area (Å²) in [6.45, 7) is 16.0. The van der Waals surface area contributed by atoms with Gasteiger partial charge in [0.2, 0.25) is 5.91 Å². The number of ether oxygens (including phenoxy) is 2. The number of likely N-dealkylation sites (tertiary alicyclic amines) is 1. The van der Waals surface area contributed by atoms with Crippen molar-refractivity contribution in [3.05, 3.63) is 0 Å². The number of alkyl carbamates (subject to hydrolysis) is 2. The SMILES string of the molecule is C[C@@H](NC(=O)OC(C)(C)C)C(=O)N1CC(C#N)C1.C[C@@H](NC(=O)OC(C)(C)C)C(=O)O.Cl.N#CC1CNC1. The molecule has 38 heavy (non-hydrogen) atoms. The molecular formula is C24H41ClN6O7. The number of carboxylic acid groups (broad SMARTS) is 1. The fourth-order valence-corrected chi connectivity index (χ4v) is 2.49. The second-order valence-electron chi connectivity index (χ2n) is 10.6. The second kappa shape index (κ2) is 16.5. The van der Waals surface area contributed by atoms with Crippen LogP contribution in [0.1, 0.15) is 55.4 Å². The van der Waals surface area contributed by atoms with Crippen LogP contribution in [0.5, 0.6) is 0 Å². The summed E-state index contributed by atoms with van der Waals surface area (Å²) in [6, 6.07) is 2.66. The Morgan fingerprint density at radius 3 is 1.53 bits per heavy atom. The summed E-state index contributed by atoms with van der Waals surface area (Å²) in [5.74, 6) is -1.05. The zero-order valence-electron chi connectivity index (χ0n) is 23.3. The fourth-order valence-electron chi connectivity index (χ4n) is 2.49. The molecule has 2 aliphatic heterocycles. The Kier molecular flexibility index (Phi) is 16.0. The van der Waals surface area contributed by atoms with Crippen molar-refractivity contribution >= 4 is 36.5 Å². The highest BCUT2D eigenvalue weighted by atomic mass is 35.5. The van der Waals surface area contributed by atoms with Gasteiger partial charge >= 0.3 is 18.2 Å². The number of amides is 3. The Labute approximate surface area is 230 Å². The topological polar surface area (TPSA) is 194 Å². The van der Waals surface area contributed by atoms with Crippen LogP contribution in [0.2, 0.25) is 0 Å². The van der Waals surface area contributed by atoms with E-state index < -0.39 is 41.4 Å². The van der Waals surface area contributed by atoms with Gasteiger partial charge in [0.1, 0.15) is 23.3 Å². The summed E-state index contributed by atoms with van der Waals surface area (Å²) < 4.78 is 9.90. The molecule has 2 fully saturated rings. The minimum Gasteiger partial charge on any atom is -0.480 e. The zero-order chi connectivity index (χ0) is 29.0. The first-order valence-electron chi connectivity index (χ1n) is 11.9. The van der Waals surface area contributed by atoms with Gasteiger partial charge in [0.15, 0.2) is 0 Å². The summed E-state index contributed by atoms with van der Waals surface area (Å²) in [4.78, 5) is 46.2. The van der Waals surface area contributed by atoms with Crippen LogP contribution in [0, 0.1) is 34.5 Å². The predicted molar refractivity (Wildman–Crippen MR) is 140 cm³/mol. The van der Waals surface area contributed by atoms with Gasteiger partial charge in [-0.15, -0.1) is 12.4 Å². The number of nitrogens with zero attached hydrogens (tertiary/aromatic N) is 3. The van der Waals surface area contributed by atoms with Crippen molar-refractivity contribution in [2.24, 2.45) is 11.8 Å². The third kappa shape index (κ3) is 16.5. The molecule has 0 unspecified atom stereocenters. The van der Waals surface area contributed by atoms with E-state index in [9.17, 15) is 19.2 Å². The Morgan fingerprint density at radius 2 is 1.26 bits per heavy atom. The summed E-state index contributed by atoms with van der Waals surface area (Å²) in [6.07, 6.45) is -1.33. The highest BCUT2D eigenvalue weighted by molar-refractivity contribution is 5.86. The molecule has 0 aromatic rings. The maximum absolute atomic E-state index is 11.8. The first-order chi connectivity index (χ1) is 16.9. The lowest BCUT2D eigenvalue weighted by Crippen LogP contribution is -2.56. The van der Waals surface area contributed by atoms with Crippen molar-refractivity contribution in [2.45, 2.75) is 78.7 Å². The Morgan fingerprint density at radius 1 is 0.868 bits per heavy atom. The van der Waals surface area contributed by atoms with E-state index in [4.69, 9.17) is 25.1 Å². The van der Waals surface area contributed by atoms with Crippen molar-refractivity contribution in [3.8, 4) is 12.1 Å². The summed E-state index contributed by atoms with van der Waals surface area (Å²) in [7, 11) is 0. The molecule has 2 heterocycles. The maximum atomic E-state index is 11.8. The van der Waals surface area contributed by atoms with Gasteiger partial charge in [-0.1, -0.05) is 0 Å². The van der Waals surface area contributed by atoms with Gasteiger partial charge in [-0.05, 0) is 55.4 Å². The molecule has 2 aliphatic rings. The third-order valence-corrected chi connectivity index (χ3v) is 4.55. The molecule has 0 spiro atoms. The highest BCUT2D eigenvalue weighted by Gasteiger charge is 2.33. The number of nitriles is 2. The molecule has 0 saturated carbocycles. The molecule has 2 saturated heterocycles. The standard InChI is InChI=1S/C12H19N3O3.C8H15NO4.C4H6N2.ClH/c1-8(14-11(17)18-12(2,3)4)10(16)15-6-9(5-13)7-15;1-5(6(10)11)9-7(12)13-8(2,3)4;5-1-4-2-6-3-4;/h8-9H,6-7H2,1-4H3,(H,14,17);5H,1-4H3,(H,9,12)(H,10,11);4,6H,2-3H2;1H/t8-;5-;;/m11../s1. The molecule has 0 aliphatic carbocycles. The molecule has 14 heteroatoms. The predicted octanol–water partition coefficient (Wildman–Crippen LogP) is 2.02. The smallest absolute Gasteiger partial charge is 0.408 e. The average molecular weight is 561 g/mol. The van der Waals surface area contributed by atoms with E-state index in [1.165, 1.54) is 6.92 Å². The summed E-state index contributed by atoms with van der Waals surface area (Å²) in [5, 5.41) is 32.8. The minimum atomic E-state index is -1.09. The number of halogens is 1. The van der Waals surface area contributed by atoms with Crippen molar-refractivity contribution in [3.63, 3.8) is 0 Å². The third-order valence-electron chi connectivity index (χ3n) is 4.55. The van der Waals surface area contributed by atoms with E-state index in [1.807, 2.05) is 0 Å². The molecule has 13 nitrogen and oxygen atoms in total. The first kappa shape index (κ1) is 36.9. The Balaban J connectivity index is 0. The molecular weight excluding hydrogens is 520 g/mol. The van der Waals surface area contributed by atoms with Crippen LogP contribution in [0.15, 0.2) is 0 Å². The molecule has 0 bridgehead atoms. The molecule has 0 radical (unpaired) electrons. The van der Waals surface area contributed by atoms with Crippen LogP contribution in [0.3, 0.4) is 0 Å². The minimum absolute atomic E-state index is 0. The highest BCUT2D eigenvalue weighted by Crippen LogP contribution is 2.15. The first-order valence-corrected chi connectivity index (χ1v) is 11.9. The van der Waals surface area contributed by atoms with Gasteiger partial charge in [0.05, 0.1) is 24.0 Å². The molecule has 2 rings (SSSR count). The fraction of sp³-hybridized carbons (Fsp3) is 0.750. The van der Waals surface area contributed by atoms with Crippen molar-refractivity contribution in [1.29, 1.82) is 10.5 Å². The maximum Gasteiger partial charge on any atom is 0.408 e. The number of hydrogen-bond donors (Lipinski definition) is 4. The van der Waals surface area contributed by atoms with Crippen molar-refractivity contribution in [1.82, 2.24) is 20.9 Å². The second-order valence-corrected chi connectivity index (χ2v) is 10.6. The largest absolute Gasteiger partial charge is 0.480 e. The van der Waals surface area contributed by atoms with Crippen molar-refractivity contribution < 1.29 is 33.8 Å². The number of carbonyl (C=O) groups excluding carboxylic acids is 3. The van der Waals surface area contributed by atoms with Crippen LogP contribution < -0.4 is 16.0 Å².